The second kappa shape index (κ2) is 7.86. The Morgan fingerprint density at radius 2 is 1.78 bits per heavy atom. The number of hydrogen-bond donors (Lipinski definition) is 1. The lowest BCUT2D eigenvalue weighted by atomic mass is 9.79. The quantitative estimate of drug-likeness (QED) is 0.875. The zero-order valence-corrected chi connectivity index (χ0v) is 13.5. The van der Waals surface area contributed by atoms with Crippen LogP contribution in [0.4, 0.5) is 0 Å². The average molecular weight is 319 g/mol. The fourth-order valence-corrected chi connectivity index (χ4v) is 3.30. The molecule has 0 aliphatic carbocycles. The average Bonchev–Trinajstić information content (AvgIpc) is 2.62. The molecule has 0 saturated carbocycles. The molecule has 2 aliphatic rings. The third kappa shape index (κ3) is 4.50. The van der Waals surface area contributed by atoms with Gasteiger partial charge in [0.15, 0.2) is 0 Å². The number of nitrogens with one attached hydrogen (secondary N) is 1. The number of nitrogens with zero attached hydrogens (tertiary/aromatic N) is 2. The minimum absolute atomic E-state index is 0.0276. The van der Waals surface area contributed by atoms with Crippen molar-refractivity contribution in [1.29, 1.82) is 0 Å². The number of amides is 1. The highest BCUT2D eigenvalue weighted by atomic mass is 16.5. The van der Waals surface area contributed by atoms with Crippen molar-refractivity contribution >= 4 is 5.91 Å². The van der Waals surface area contributed by atoms with Crippen LogP contribution in [0.1, 0.15) is 23.2 Å². The maximum absolute atomic E-state index is 12.3. The molecule has 2 fully saturated rings. The number of carbonyl (C=O) groups is 1. The SMILES string of the molecule is O=C(NCC1(CN2CCOCC2)CCOCC1)c1ccncc1. The monoisotopic (exact) mass is 319 g/mol. The maximum atomic E-state index is 12.3. The predicted molar refractivity (Wildman–Crippen MR) is 86.3 cm³/mol. The number of pyridine rings is 1. The van der Waals surface area contributed by atoms with Gasteiger partial charge in [0.1, 0.15) is 0 Å². The van der Waals surface area contributed by atoms with Crippen LogP contribution in [0.15, 0.2) is 24.5 Å². The second-order valence-corrected chi connectivity index (χ2v) is 6.42. The van der Waals surface area contributed by atoms with Gasteiger partial charge in [0.2, 0.25) is 0 Å². The summed E-state index contributed by atoms with van der Waals surface area (Å²) in [6.45, 7) is 6.78. The van der Waals surface area contributed by atoms with E-state index in [4.69, 9.17) is 9.47 Å². The maximum Gasteiger partial charge on any atom is 0.251 e. The molecule has 1 amide bonds. The van der Waals surface area contributed by atoms with E-state index in [1.54, 1.807) is 24.5 Å². The van der Waals surface area contributed by atoms with Crippen LogP contribution in [-0.2, 0) is 9.47 Å². The number of carbonyl (C=O) groups excluding carboxylic acids is 1. The second-order valence-electron chi connectivity index (χ2n) is 6.42. The van der Waals surface area contributed by atoms with Gasteiger partial charge in [-0.05, 0) is 25.0 Å². The van der Waals surface area contributed by atoms with E-state index in [1.165, 1.54) is 0 Å². The molecule has 1 aromatic rings. The molecule has 0 unspecified atom stereocenters. The Morgan fingerprint density at radius 1 is 1.13 bits per heavy atom. The Morgan fingerprint density at radius 3 is 2.48 bits per heavy atom. The van der Waals surface area contributed by atoms with E-state index in [-0.39, 0.29) is 11.3 Å². The predicted octanol–water partition coefficient (Wildman–Crippen LogP) is 0.940. The third-order valence-electron chi connectivity index (χ3n) is 4.78. The van der Waals surface area contributed by atoms with Crippen LogP contribution in [0.2, 0.25) is 0 Å². The van der Waals surface area contributed by atoms with Gasteiger partial charge in [-0.3, -0.25) is 14.7 Å². The molecule has 6 heteroatoms. The number of morpholine rings is 1. The van der Waals surface area contributed by atoms with Crippen molar-refractivity contribution in [3.8, 4) is 0 Å². The van der Waals surface area contributed by atoms with Crippen LogP contribution in [0, 0.1) is 5.41 Å². The minimum atomic E-state index is -0.0276. The lowest BCUT2D eigenvalue weighted by Crippen LogP contribution is -2.50. The Labute approximate surface area is 137 Å². The highest BCUT2D eigenvalue weighted by molar-refractivity contribution is 5.93. The van der Waals surface area contributed by atoms with Crippen molar-refractivity contribution < 1.29 is 14.3 Å². The molecule has 6 nitrogen and oxygen atoms in total. The van der Waals surface area contributed by atoms with E-state index in [0.717, 1.165) is 58.9 Å². The molecule has 3 heterocycles. The summed E-state index contributed by atoms with van der Waals surface area (Å²) >= 11 is 0. The van der Waals surface area contributed by atoms with Crippen molar-refractivity contribution in [2.45, 2.75) is 12.8 Å². The summed E-state index contributed by atoms with van der Waals surface area (Å²) in [5, 5.41) is 3.12. The van der Waals surface area contributed by atoms with Gasteiger partial charge < -0.3 is 14.8 Å². The smallest absolute Gasteiger partial charge is 0.251 e. The molecular weight excluding hydrogens is 294 g/mol. The summed E-state index contributed by atoms with van der Waals surface area (Å²) in [6, 6.07) is 3.49. The molecule has 0 bridgehead atoms. The van der Waals surface area contributed by atoms with Gasteiger partial charge in [-0.25, -0.2) is 0 Å². The van der Waals surface area contributed by atoms with Crippen molar-refractivity contribution in [1.82, 2.24) is 15.2 Å². The molecule has 126 valence electrons. The van der Waals surface area contributed by atoms with Gasteiger partial charge in [-0.2, -0.15) is 0 Å². The van der Waals surface area contributed by atoms with E-state index in [1.807, 2.05) is 0 Å². The summed E-state index contributed by atoms with van der Waals surface area (Å²) < 4.78 is 11.0. The van der Waals surface area contributed by atoms with E-state index in [2.05, 4.69) is 15.2 Å². The van der Waals surface area contributed by atoms with Gasteiger partial charge in [0.05, 0.1) is 13.2 Å². The number of rotatable bonds is 5. The number of aromatic nitrogens is 1. The van der Waals surface area contributed by atoms with E-state index in [9.17, 15) is 4.79 Å². The van der Waals surface area contributed by atoms with Crippen molar-refractivity contribution in [2.75, 3.05) is 52.6 Å². The van der Waals surface area contributed by atoms with Crippen LogP contribution in [0.5, 0.6) is 0 Å². The Hall–Kier alpha value is -1.50. The van der Waals surface area contributed by atoms with Crippen LogP contribution >= 0.6 is 0 Å². The fraction of sp³-hybridized carbons (Fsp3) is 0.647. The zero-order chi connectivity index (χ0) is 16.0. The molecule has 3 rings (SSSR count). The van der Waals surface area contributed by atoms with Crippen LogP contribution in [-0.4, -0.2) is 68.4 Å². The third-order valence-corrected chi connectivity index (χ3v) is 4.78. The van der Waals surface area contributed by atoms with Crippen molar-refractivity contribution in [2.24, 2.45) is 5.41 Å². The van der Waals surface area contributed by atoms with Gasteiger partial charge in [0.25, 0.3) is 5.91 Å². The van der Waals surface area contributed by atoms with Crippen molar-refractivity contribution in [3.63, 3.8) is 0 Å². The summed E-state index contributed by atoms with van der Waals surface area (Å²) in [7, 11) is 0. The lowest BCUT2D eigenvalue weighted by molar-refractivity contribution is -0.0283. The highest BCUT2D eigenvalue weighted by Crippen LogP contribution is 2.31. The van der Waals surface area contributed by atoms with Crippen LogP contribution in [0.3, 0.4) is 0 Å². The molecular formula is C17H25N3O3. The standard InChI is InChI=1S/C17H25N3O3/c21-16(15-1-5-18-6-2-15)19-13-17(3-9-22-10-4-17)14-20-7-11-23-12-8-20/h1-2,5-6H,3-4,7-14H2,(H,19,21). The summed E-state index contributed by atoms with van der Waals surface area (Å²) in [4.78, 5) is 18.7. The van der Waals surface area contributed by atoms with Gasteiger partial charge in [-0.1, -0.05) is 0 Å². The summed E-state index contributed by atoms with van der Waals surface area (Å²) in [5.74, 6) is -0.0276. The first-order valence-corrected chi connectivity index (χ1v) is 8.34. The molecule has 2 aliphatic heterocycles. The Bertz CT molecular complexity index is 497. The zero-order valence-electron chi connectivity index (χ0n) is 13.5. The van der Waals surface area contributed by atoms with Gasteiger partial charge in [0, 0.05) is 62.8 Å². The van der Waals surface area contributed by atoms with Gasteiger partial charge in [-0.15, -0.1) is 0 Å². The normalized spacial score (nSPS) is 21.7. The number of hydrogen-bond acceptors (Lipinski definition) is 5. The van der Waals surface area contributed by atoms with E-state index in [0.29, 0.717) is 12.1 Å². The molecule has 23 heavy (non-hydrogen) atoms. The fourth-order valence-electron chi connectivity index (χ4n) is 3.30. The molecule has 0 atom stereocenters. The molecule has 0 radical (unpaired) electrons. The van der Waals surface area contributed by atoms with E-state index >= 15 is 0 Å². The first-order valence-electron chi connectivity index (χ1n) is 8.34. The number of ether oxygens (including phenoxy) is 2. The molecule has 0 spiro atoms. The first kappa shape index (κ1) is 16.4. The van der Waals surface area contributed by atoms with Crippen molar-refractivity contribution in [3.05, 3.63) is 30.1 Å². The lowest BCUT2D eigenvalue weighted by Gasteiger charge is -2.42. The highest BCUT2D eigenvalue weighted by Gasteiger charge is 2.35. The molecule has 1 N–H and O–H groups in total. The topological polar surface area (TPSA) is 63.7 Å². The largest absolute Gasteiger partial charge is 0.381 e. The van der Waals surface area contributed by atoms with Crippen LogP contribution < -0.4 is 5.32 Å². The Kier molecular flexibility index (Phi) is 5.59. The minimum Gasteiger partial charge on any atom is -0.381 e. The molecule has 0 aromatic carbocycles. The first-order chi connectivity index (χ1) is 11.3. The molecule has 1 aromatic heterocycles. The van der Waals surface area contributed by atoms with Crippen LogP contribution in [0.25, 0.3) is 0 Å². The van der Waals surface area contributed by atoms with E-state index < -0.39 is 0 Å². The molecule has 2 saturated heterocycles. The summed E-state index contributed by atoms with van der Waals surface area (Å²) in [6.07, 6.45) is 5.27. The van der Waals surface area contributed by atoms with Gasteiger partial charge >= 0.3 is 0 Å². The summed E-state index contributed by atoms with van der Waals surface area (Å²) in [5.41, 5.74) is 0.756. The Balaban J connectivity index is 1.60.